The van der Waals surface area contributed by atoms with Crippen molar-refractivity contribution in [1.29, 1.82) is 0 Å². The molecule has 0 aliphatic carbocycles. The Morgan fingerprint density at radius 2 is 1.64 bits per heavy atom. The minimum absolute atomic E-state index is 0.202. The molecule has 0 atom stereocenters. The zero-order valence-corrected chi connectivity index (χ0v) is 15.7. The van der Waals surface area contributed by atoms with Gasteiger partial charge >= 0.3 is 12.1 Å². The second-order valence-corrected chi connectivity index (χ2v) is 6.84. The topological polar surface area (TPSA) is 93.7 Å². The smallest absolute Gasteiger partial charge is 0.412 e. The van der Waals surface area contributed by atoms with E-state index in [2.05, 4.69) is 10.6 Å². The number of hydrogen-bond donors (Lipinski definition) is 2. The van der Waals surface area contributed by atoms with E-state index in [1.807, 2.05) is 0 Å². The summed E-state index contributed by atoms with van der Waals surface area (Å²) in [6, 6.07) is 11.3. The fraction of sp³-hybridized carbons (Fsp3) is 0.250. The summed E-state index contributed by atoms with van der Waals surface area (Å²) in [5.74, 6) is -1.80. The van der Waals surface area contributed by atoms with Crippen LogP contribution in [0.25, 0.3) is 0 Å². The summed E-state index contributed by atoms with van der Waals surface area (Å²) < 4.78 is 23.1. The standard InChI is InChI=1S/C20H21FN2O5/c1-20(2,3)28-19(26)23-15-9-7-13(8-10-15)18(25)27-12-17(24)22-16-6-4-5-14(21)11-16/h4-11H,12H2,1-3H3,(H,22,24)(H,23,26). The number of hydrogen-bond acceptors (Lipinski definition) is 5. The van der Waals surface area contributed by atoms with E-state index >= 15 is 0 Å². The Morgan fingerprint density at radius 3 is 2.25 bits per heavy atom. The monoisotopic (exact) mass is 388 g/mol. The van der Waals surface area contributed by atoms with Gasteiger partial charge in [-0.25, -0.2) is 14.0 Å². The molecule has 0 radical (unpaired) electrons. The lowest BCUT2D eigenvalue weighted by Crippen LogP contribution is -2.27. The maximum absolute atomic E-state index is 13.1. The molecule has 148 valence electrons. The second kappa shape index (κ2) is 8.98. The fourth-order valence-corrected chi connectivity index (χ4v) is 2.09. The van der Waals surface area contributed by atoms with Crippen LogP contribution >= 0.6 is 0 Å². The minimum atomic E-state index is -0.710. The number of esters is 1. The van der Waals surface area contributed by atoms with Crippen LogP contribution in [0.5, 0.6) is 0 Å². The van der Waals surface area contributed by atoms with Gasteiger partial charge < -0.3 is 14.8 Å². The molecule has 2 aromatic rings. The van der Waals surface area contributed by atoms with E-state index < -0.39 is 36.0 Å². The number of ether oxygens (including phenoxy) is 2. The van der Waals surface area contributed by atoms with Crippen molar-refractivity contribution in [1.82, 2.24) is 0 Å². The lowest BCUT2D eigenvalue weighted by molar-refractivity contribution is -0.119. The quantitative estimate of drug-likeness (QED) is 0.756. The second-order valence-electron chi connectivity index (χ2n) is 6.84. The predicted molar refractivity (Wildman–Crippen MR) is 102 cm³/mol. The summed E-state index contributed by atoms with van der Waals surface area (Å²) in [4.78, 5) is 35.5. The molecular weight excluding hydrogens is 367 g/mol. The molecule has 0 aliphatic heterocycles. The van der Waals surface area contributed by atoms with Gasteiger partial charge in [-0.3, -0.25) is 10.1 Å². The zero-order chi connectivity index (χ0) is 20.7. The molecule has 2 amide bonds. The summed E-state index contributed by atoms with van der Waals surface area (Å²) in [5, 5.41) is 4.96. The van der Waals surface area contributed by atoms with Crippen molar-refractivity contribution < 1.29 is 28.2 Å². The Morgan fingerprint density at radius 1 is 0.964 bits per heavy atom. The van der Waals surface area contributed by atoms with Crippen molar-refractivity contribution in [2.75, 3.05) is 17.2 Å². The van der Waals surface area contributed by atoms with Crippen LogP contribution in [0.4, 0.5) is 20.6 Å². The van der Waals surface area contributed by atoms with Crippen molar-refractivity contribution in [3.63, 3.8) is 0 Å². The fourth-order valence-electron chi connectivity index (χ4n) is 2.09. The van der Waals surface area contributed by atoms with E-state index in [1.165, 1.54) is 42.5 Å². The normalized spacial score (nSPS) is 10.7. The van der Waals surface area contributed by atoms with Gasteiger partial charge in [0.1, 0.15) is 11.4 Å². The van der Waals surface area contributed by atoms with Gasteiger partial charge in [0.15, 0.2) is 6.61 Å². The molecule has 2 N–H and O–H groups in total. The first-order valence-electron chi connectivity index (χ1n) is 8.45. The molecule has 0 aliphatic rings. The highest BCUT2D eigenvalue weighted by Gasteiger charge is 2.16. The first-order valence-corrected chi connectivity index (χ1v) is 8.45. The van der Waals surface area contributed by atoms with Crippen molar-refractivity contribution >= 4 is 29.3 Å². The predicted octanol–water partition coefficient (Wildman–Crippen LogP) is 3.97. The van der Waals surface area contributed by atoms with Gasteiger partial charge in [0.2, 0.25) is 0 Å². The van der Waals surface area contributed by atoms with Gasteiger partial charge in [0.25, 0.3) is 5.91 Å². The minimum Gasteiger partial charge on any atom is -0.452 e. The Balaban J connectivity index is 1.84. The number of nitrogens with one attached hydrogen (secondary N) is 2. The van der Waals surface area contributed by atoms with Crippen molar-refractivity contribution in [3.05, 3.63) is 59.9 Å². The Labute approximate surface area is 161 Å². The molecule has 0 fully saturated rings. The molecule has 0 bridgehead atoms. The van der Waals surface area contributed by atoms with E-state index in [9.17, 15) is 18.8 Å². The third-order valence-electron chi connectivity index (χ3n) is 3.21. The number of carbonyl (C=O) groups excluding carboxylic acids is 3. The summed E-state index contributed by atoms with van der Waals surface area (Å²) in [6.07, 6.45) is -0.614. The van der Waals surface area contributed by atoms with Crippen LogP contribution in [0.3, 0.4) is 0 Å². The molecular formula is C20H21FN2O5. The number of benzene rings is 2. The van der Waals surface area contributed by atoms with E-state index in [-0.39, 0.29) is 11.3 Å². The van der Waals surface area contributed by atoms with E-state index in [4.69, 9.17) is 9.47 Å². The zero-order valence-electron chi connectivity index (χ0n) is 15.7. The molecule has 0 aromatic heterocycles. The average molecular weight is 388 g/mol. The summed E-state index contributed by atoms with van der Waals surface area (Å²) >= 11 is 0. The van der Waals surface area contributed by atoms with E-state index in [0.717, 1.165) is 6.07 Å². The largest absolute Gasteiger partial charge is 0.452 e. The Hall–Kier alpha value is -3.42. The highest BCUT2D eigenvalue weighted by Crippen LogP contribution is 2.14. The summed E-state index contributed by atoms with van der Waals surface area (Å²) in [7, 11) is 0. The van der Waals surface area contributed by atoms with Gasteiger partial charge in [-0.05, 0) is 63.2 Å². The number of rotatable bonds is 5. The lowest BCUT2D eigenvalue weighted by atomic mass is 10.2. The van der Waals surface area contributed by atoms with Crippen LogP contribution in [-0.4, -0.2) is 30.2 Å². The maximum Gasteiger partial charge on any atom is 0.412 e. The first kappa shape index (κ1) is 20.9. The Bertz CT molecular complexity index is 860. The van der Waals surface area contributed by atoms with Gasteiger partial charge in [-0.2, -0.15) is 0 Å². The summed E-state index contributed by atoms with van der Waals surface area (Å²) in [5.41, 5.74) is 0.279. The molecule has 0 spiro atoms. The number of carbonyl (C=O) groups is 3. The summed E-state index contributed by atoms with van der Waals surface area (Å²) in [6.45, 7) is 4.72. The first-order chi connectivity index (χ1) is 13.1. The highest BCUT2D eigenvalue weighted by molar-refractivity contribution is 5.95. The molecule has 0 heterocycles. The SMILES string of the molecule is CC(C)(C)OC(=O)Nc1ccc(C(=O)OCC(=O)Nc2cccc(F)c2)cc1. The Kier molecular flexibility index (Phi) is 6.70. The van der Waals surface area contributed by atoms with Crippen LogP contribution in [0.1, 0.15) is 31.1 Å². The van der Waals surface area contributed by atoms with E-state index in [0.29, 0.717) is 5.69 Å². The van der Waals surface area contributed by atoms with Crippen LogP contribution < -0.4 is 10.6 Å². The molecule has 0 saturated heterocycles. The molecule has 0 unspecified atom stereocenters. The molecule has 2 rings (SSSR count). The third-order valence-corrected chi connectivity index (χ3v) is 3.21. The number of halogens is 1. The van der Waals surface area contributed by atoms with Crippen LogP contribution in [-0.2, 0) is 14.3 Å². The molecule has 2 aromatic carbocycles. The third kappa shape index (κ3) is 7.06. The lowest BCUT2D eigenvalue weighted by Gasteiger charge is -2.19. The van der Waals surface area contributed by atoms with Gasteiger partial charge in [-0.1, -0.05) is 6.07 Å². The maximum atomic E-state index is 13.1. The van der Waals surface area contributed by atoms with E-state index in [1.54, 1.807) is 20.8 Å². The van der Waals surface area contributed by atoms with Crippen LogP contribution in [0, 0.1) is 5.82 Å². The van der Waals surface area contributed by atoms with Crippen LogP contribution in [0.15, 0.2) is 48.5 Å². The highest BCUT2D eigenvalue weighted by atomic mass is 19.1. The van der Waals surface area contributed by atoms with Gasteiger partial charge in [0.05, 0.1) is 5.56 Å². The van der Waals surface area contributed by atoms with Crippen molar-refractivity contribution in [3.8, 4) is 0 Å². The molecule has 28 heavy (non-hydrogen) atoms. The van der Waals surface area contributed by atoms with Crippen molar-refractivity contribution in [2.45, 2.75) is 26.4 Å². The number of amides is 2. The molecule has 7 nitrogen and oxygen atoms in total. The van der Waals surface area contributed by atoms with Gasteiger partial charge in [-0.15, -0.1) is 0 Å². The molecule has 0 saturated carbocycles. The average Bonchev–Trinajstić information content (AvgIpc) is 2.58. The van der Waals surface area contributed by atoms with Gasteiger partial charge in [0, 0.05) is 11.4 Å². The van der Waals surface area contributed by atoms with Crippen LogP contribution in [0.2, 0.25) is 0 Å². The van der Waals surface area contributed by atoms with Crippen molar-refractivity contribution in [2.24, 2.45) is 0 Å². The molecule has 8 heteroatoms. The number of anilines is 2.